The fraction of sp³-hybridized carbons (Fsp3) is 0.273. The zero-order chi connectivity index (χ0) is 11.1. The number of rotatable bonds is 4. The van der Waals surface area contributed by atoms with Crippen LogP contribution >= 0.6 is 15.9 Å². The molecule has 1 amide bonds. The summed E-state index contributed by atoms with van der Waals surface area (Å²) in [6.45, 7) is 0.584. The summed E-state index contributed by atoms with van der Waals surface area (Å²) in [7, 11) is 0. The van der Waals surface area contributed by atoms with Gasteiger partial charge in [0, 0.05) is 23.6 Å². The number of terminal acetylenes is 1. The highest BCUT2D eigenvalue weighted by Crippen LogP contribution is 2.07. The van der Waals surface area contributed by atoms with E-state index in [0.29, 0.717) is 18.7 Å². The number of hydrogen-bond acceptors (Lipinski definition) is 2. The van der Waals surface area contributed by atoms with Crippen molar-refractivity contribution in [3.8, 4) is 12.3 Å². The molecule has 3 nitrogen and oxygen atoms in total. The molecule has 0 aliphatic carbocycles. The van der Waals surface area contributed by atoms with E-state index in [9.17, 15) is 4.79 Å². The molecule has 0 atom stereocenters. The number of halogens is 1. The Bertz CT molecular complexity index is 367. The number of aromatic nitrogens is 1. The fourth-order valence-electron chi connectivity index (χ4n) is 0.993. The lowest BCUT2D eigenvalue weighted by atomic mass is 10.3. The van der Waals surface area contributed by atoms with Crippen LogP contribution in [0.15, 0.2) is 22.8 Å². The highest BCUT2D eigenvalue weighted by molar-refractivity contribution is 9.10. The molecule has 78 valence electrons. The summed E-state index contributed by atoms with van der Waals surface area (Å²) in [4.78, 5) is 15.5. The van der Waals surface area contributed by atoms with Crippen molar-refractivity contribution in [1.29, 1.82) is 0 Å². The third kappa shape index (κ3) is 4.13. The van der Waals surface area contributed by atoms with E-state index in [4.69, 9.17) is 6.42 Å². The monoisotopic (exact) mass is 266 g/mol. The highest BCUT2D eigenvalue weighted by Gasteiger charge is 2.04. The van der Waals surface area contributed by atoms with Gasteiger partial charge in [0.15, 0.2) is 0 Å². The molecule has 0 aliphatic heterocycles. The summed E-state index contributed by atoms with van der Waals surface area (Å²) >= 11 is 3.25. The first-order valence-electron chi connectivity index (χ1n) is 4.57. The third-order valence-electron chi connectivity index (χ3n) is 1.74. The van der Waals surface area contributed by atoms with Crippen LogP contribution in [0.2, 0.25) is 0 Å². The summed E-state index contributed by atoms with van der Waals surface area (Å²) in [6.07, 6.45) is 8.15. The number of hydrogen-bond donors (Lipinski definition) is 1. The van der Waals surface area contributed by atoms with Crippen molar-refractivity contribution in [1.82, 2.24) is 10.3 Å². The second-order valence-electron chi connectivity index (χ2n) is 2.93. The fourth-order valence-corrected chi connectivity index (χ4v) is 1.23. The molecule has 1 aromatic rings. The minimum Gasteiger partial charge on any atom is -0.351 e. The number of pyridine rings is 1. The van der Waals surface area contributed by atoms with Crippen LogP contribution in [0.25, 0.3) is 0 Å². The molecule has 1 aromatic heterocycles. The molecule has 0 bridgehead atoms. The smallest absolute Gasteiger partial charge is 0.269 e. The molecular formula is C11H11BrN2O. The topological polar surface area (TPSA) is 42.0 Å². The lowest BCUT2D eigenvalue weighted by Gasteiger charge is -2.02. The Kier molecular flexibility index (Phi) is 4.85. The minimum atomic E-state index is -0.167. The van der Waals surface area contributed by atoms with E-state index in [2.05, 4.69) is 32.2 Å². The van der Waals surface area contributed by atoms with E-state index in [1.54, 1.807) is 18.3 Å². The Morgan fingerprint density at radius 2 is 2.40 bits per heavy atom. The van der Waals surface area contributed by atoms with E-state index in [-0.39, 0.29) is 5.91 Å². The Morgan fingerprint density at radius 1 is 1.60 bits per heavy atom. The van der Waals surface area contributed by atoms with Crippen molar-refractivity contribution in [2.75, 3.05) is 6.54 Å². The standard InChI is InChI=1S/C11H11BrN2O/c1-2-3-4-7-13-11(15)10-6-5-9(12)8-14-10/h1,5-6,8H,3-4,7H2,(H,13,15). The molecule has 0 aromatic carbocycles. The molecule has 1 heterocycles. The van der Waals surface area contributed by atoms with Crippen molar-refractivity contribution < 1.29 is 4.79 Å². The van der Waals surface area contributed by atoms with Crippen LogP contribution in [0.3, 0.4) is 0 Å². The van der Waals surface area contributed by atoms with E-state index < -0.39 is 0 Å². The predicted octanol–water partition coefficient (Wildman–Crippen LogP) is 1.99. The Hall–Kier alpha value is -1.34. The number of unbranched alkanes of at least 4 members (excludes halogenated alkanes) is 1. The quantitative estimate of drug-likeness (QED) is 0.669. The molecule has 0 unspecified atom stereocenters. The van der Waals surface area contributed by atoms with Gasteiger partial charge < -0.3 is 5.32 Å². The van der Waals surface area contributed by atoms with Crippen LogP contribution in [0.1, 0.15) is 23.3 Å². The van der Waals surface area contributed by atoms with Gasteiger partial charge in [0.25, 0.3) is 5.91 Å². The predicted molar refractivity (Wildman–Crippen MR) is 62.3 cm³/mol. The van der Waals surface area contributed by atoms with Crippen molar-refractivity contribution in [3.63, 3.8) is 0 Å². The average Bonchev–Trinajstić information content (AvgIpc) is 2.25. The van der Waals surface area contributed by atoms with Crippen LogP contribution in [-0.4, -0.2) is 17.4 Å². The lowest BCUT2D eigenvalue weighted by molar-refractivity contribution is 0.0948. The van der Waals surface area contributed by atoms with Crippen LogP contribution < -0.4 is 5.32 Å². The second-order valence-corrected chi connectivity index (χ2v) is 3.84. The van der Waals surface area contributed by atoms with Crippen LogP contribution in [0.5, 0.6) is 0 Å². The van der Waals surface area contributed by atoms with E-state index in [1.165, 1.54) is 0 Å². The second kappa shape index (κ2) is 6.20. The number of nitrogens with zero attached hydrogens (tertiary/aromatic N) is 1. The molecule has 0 saturated carbocycles. The molecule has 0 radical (unpaired) electrons. The minimum absolute atomic E-state index is 0.167. The molecule has 0 fully saturated rings. The summed E-state index contributed by atoms with van der Waals surface area (Å²) in [5, 5.41) is 2.74. The number of nitrogens with one attached hydrogen (secondary N) is 1. The van der Waals surface area contributed by atoms with Gasteiger partial charge >= 0.3 is 0 Å². The van der Waals surface area contributed by atoms with Gasteiger partial charge in [-0.05, 0) is 34.5 Å². The molecule has 4 heteroatoms. The molecule has 0 aliphatic rings. The maximum atomic E-state index is 11.5. The first-order chi connectivity index (χ1) is 7.24. The number of carbonyl (C=O) groups is 1. The summed E-state index contributed by atoms with van der Waals surface area (Å²) in [5.74, 6) is 2.35. The van der Waals surface area contributed by atoms with Gasteiger partial charge in [-0.3, -0.25) is 4.79 Å². The Morgan fingerprint density at radius 3 is 3.00 bits per heavy atom. The zero-order valence-electron chi connectivity index (χ0n) is 8.16. The number of amides is 1. The molecule has 1 N–H and O–H groups in total. The summed E-state index contributed by atoms with van der Waals surface area (Å²) in [5.41, 5.74) is 0.416. The number of carbonyl (C=O) groups excluding carboxylic acids is 1. The van der Waals surface area contributed by atoms with Crippen LogP contribution in [0, 0.1) is 12.3 Å². The first-order valence-corrected chi connectivity index (χ1v) is 5.36. The van der Waals surface area contributed by atoms with Gasteiger partial charge in [0.05, 0.1) is 0 Å². The maximum absolute atomic E-state index is 11.5. The van der Waals surface area contributed by atoms with Gasteiger partial charge in [0.2, 0.25) is 0 Å². The van der Waals surface area contributed by atoms with E-state index in [0.717, 1.165) is 10.9 Å². The van der Waals surface area contributed by atoms with E-state index >= 15 is 0 Å². The molecule has 15 heavy (non-hydrogen) atoms. The SMILES string of the molecule is C#CCCCNC(=O)c1ccc(Br)cn1. The summed E-state index contributed by atoms with van der Waals surface area (Å²) in [6, 6.07) is 3.45. The largest absolute Gasteiger partial charge is 0.351 e. The van der Waals surface area contributed by atoms with Gasteiger partial charge in [-0.25, -0.2) is 4.98 Å². The highest BCUT2D eigenvalue weighted by atomic mass is 79.9. The Balaban J connectivity index is 2.41. The first kappa shape index (κ1) is 11.7. The van der Waals surface area contributed by atoms with Crippen molar-refractivity contribution in [2.24, 2.45) is 0 Å². The van der Waals surface area contributed by atoms with Crippen molar-refractivity contribution in [2.45, 2.75) is 12.8 Å². The average molecular weight is 267 g/mol. The molecule has 1 rings (SSSR count). The third-order valence-corrected chi connectivity index (χ3v) is 2.21. The van der Waals surface area contributed by atoms with Gasteiger partial charge in [0.1, 0.15) is 5.69 Å². The molecular weight excluding hydrogens is 256 g/mol. The van der Waals surface area contributed by atoms with Crippen molar-refractivity contribution >= 4 is 21.8 Å². The van der Waals surface area contributed by atoms with Gasteiger partial charge in [-0.1, -0.05) is 0 Å². The van der Waals surface area contributed by atoms with Gasteiger partial charge in [-0.2, -0.15) is 0 Å². The Labute approximate surface area is 97.4 Å². The molecule has 0 spiro atoms. The zero-order valence-corrected chi connectivity index (χ0v) is 9.75. The molecule has 0 saturated heterocycles. The lowest BCUT2D eigenvalue weighted by Crippen LogP contribution is -2.25. The van der Waals surface area contributed by atoms with E-state index in [1.807, 2.05) is 0 Å². The van der Waals surface area contributed by atoms with Crippen molar-refractivity contribution in [3.05, 3.63) is 28.5 Å². The van der Waals surface area contributed by atoms with Crippen LogP contribution in [0.4, 0.5) is 0 Å². The van der Waals surface area contributed by atoms with Gasteiger partial charge in [-0.15, -0.1) is 12.3 Å². The maximum Gasteiger partial charge on any atom is 0.269 e. The summed E-state index contributed by atoms with van der Waals surface area (Å²) < 4.78 is 0.853. The van der Waals surface area contributed by atoms with Crippen LogP contribution in [-0.2, 0) is 0 Å². The normalized spacial score (nSPS) is 9.33.